The van der Waals surface area contributed by atoms with Gasteiger partial charge < -0.3 is 35.2 Å². The van der Waals surface area contributed by atoms with Gasteiger partial charge in [0.15, 0.2) is 6.10 Å². The predicted molar refractivity (Wildman–Crippen MR) is 73.4 cm³/mol. The molecule has 0 unspecified atom stereocenters. The molecule has 0 spiro atoms. The number of ether oxygens (including phenoxy) is 1. The zero-order chi connectivity index (χ0) is 16.4. The molecule has 1 amide bonds. The topological polar surface area (TPSA) is 142 Å². The fraction of sp³-hybridized carbons (Fsp3) is 0.692. The molecule has 22 heavy (non-hydrogen) atoms. The van der Waals surface area contributed by atoms with Crippen LogP contribution >= 0.6 is 0 Å². The molecule has 9 heteroatoms. The average Bonchev–Trinajstić information content (AvgIpc) is 2.89. The third-order valence-electron chi connectivity index (χ3n) is 3.64. The van der Waals surface area contributed by atoms with Crippen LogP contribution in [0.1, 0.15) is 11.5 Å². The summed E-state index contributed by atoms with van der Waals surface area (Å²) in [5, 5.41) is 33.3. The van der Waals surface area contributed by atoms with Crippen molar-refractivity contribution in [3.63, 3.8) is 0 Å². The lowest BCUT2D eigenvalue weighted by Gasteiger charge is -2.40. The van der Waals surface area contributed by atoms with Gasteiger partial charge in [0.1, 0.15) is 29.8 Å². The zero-order valence-corrected chi connectivity index (χ0v) is 12.4. The van der Waals surface area contributed by atoms with Crippen molar-refractivity contribution in [2.45, 2.75) is 44.0 Å². The fourth-order valence-corrected chi connectivity index (χ4v) is 2.38. The summed E-state index contributed by atoms with van der Waals surface area (Å²) >= 11 is 0. The van der Waals surface area contributed by atoms with E-state index in [1.807, 2.05) is 0 Å². The van der Waals surface area contributed by atoms with Crippen molar-refractivity contribution in [1.82, 2.24) is 10.1 Å². The third kappa shape index (κ3) is 3.28. The molecule has 1 aliphatic rings. The lowest BCUT2D eigenvalue weighted by Crippen LogP contribution is -2.62. The summed E-state index contributed by atoms with van der Waals surface area (Å²) in [6.45, 7) is 1.81. The Kier molecular flexibility index (Phi) is 5.14. The number of amides is 1. The van der Waals surface area contributed by atoms with Gasteiger partial charge in [0.2, 0.25) is 0 Å². The van der Waals surface area contributed by atoms with Crippen molar-refractivity contribution in [2.24, 2.45) is 5.73 Å². The Labute approximate surface area is 127 Å². The number of carbonyl (C=O) groups is 1. The molecule has 1 fully saturated rings. The van der Waals surface area contributed by atoms with E-state index in [0.29, 0.717) is 11.5 Å². The number of aliphatic hydroxyl groups is 3. The number of aliphatic hydroxyl groups excluding tert-OH is 3. The number of aromatic nitrogens is 1. The van der Waals surface area contributed by atoms with E-state index in [1.54, 1.807) is 13.0 Å². The Morgan fingerprint density at radius 1 is 1.36 bits per heavy atom. The number of hydrogen-bond acceptors (Lipinski definition) is 8. The van der Waals surface area contributed by atoms with Gasteiger partial charge in [0, 0.05) is 19.7 Å². The SMILES string of the molecule is Cc1cc(CN(C)C(=O)[C@H]2O[C@@H](CN)[C@H](O)[C@@H](O)[C@H]2O)no1. The maximum absolute atomic E-state index is 12.4. The van der Waals surface area contributed by atoms with Crippen molar-refractivity contribution in [2.75, 3.05) is 13.6 Å². The van der Waals surface area contributed by atoms with Crippen molar-refractivity contribution >= 4 is 5.91 Å². The quantitative estimate of drug-likeness (QED) is 0.488. The number of aryl methyl sites for hydroxylation is 1. The van der Waals surface area contributed by atoms with E-state index in [2.05, 4.69) is 5.16 Å². The smallest absolute Gasteiger partial charge is 0.254 e. The second-order valence-electron chi connectivity index (χ2n) is 5.43. The van der Waals surface area contributed by atoms with Gasteiger partial charge in [-0.05, 0) is 6.92 Å². The van der Waals surface area contributed by atoms with Crippen LogP contribution in [0.15, 0.2) is 10.6 Å². The Hall–Kier alpha value is -1.52. The van der Waals surface area contributed by atoms with Crippen LogP contribution < -0.4 is 5.73 Å². The summed E-state index contributed by atoms with van der Waals surface area (Å²) in [4.78, 5) is 13.7. The molecule has 0 aromatic carbocycles. The van der Waals surface area contributed by atoms with E-state index >= 15 is 0 Å². The summed E-state index contributed by atoms with van der Waals surface area (Å²) in [5.41, 5.74) is 5.99. The van der Waals surface area contributed by atoms with E-state index < -0.39 is 36.4 Å². The van der Waals surface area contributed by atoms with E-state index in [1.165, 1.54) is 11.9 Å². The molecular weight excluding hydrogens is 294 g/mol. The van der Waals surface area contributed by atoms with Crippen LogP contribution in [0.3, 0.4) is 0 Å². The monoisotopic (exact) mass is 315 g/mol. The highest BCUT2D eigenvalue weighted by atomic mass is 16.5. The molecule has 5 atom stereocenters. The van der Waals surface area contributed by atoms with E-state index in [0.717, 1.165) is 0 Å². The molecular formula is C13H21N3O6. The van der Waals surface area contributed by atoms with Crippen LogP contribution in [0, 0.1) is 6.92 Å². The molecule has 124 valence electrons. The fourth-order valence-electron chi connectivity index (χ4n) is 2.38. The second kappa shape index (κ2) is 6.71. The summed E-state index contributed by atoms with van der Waals surface area (Å²) in [7, 11) is 1.51. The normalized spacial score (nSPS) is 32.0. The molecule has 9 nitrogen and oxygen atoms in total. The molecule has 0 radical (unpaired) electrons. The van der Waals surface area contributed by atoms with Crippen molar-refractivity contribution < 1.29 is 29.4 Å². The van der Waals surface area contributed by atoms with Crippen molar-refractivity contribution in [1.29, 1.82) is 0 Å². The number of likely N-dealkylation sites (N-methyl/N-ethyl adjacent to an activating group) is 1. The first-order valence-corrected chi connectivity index (χ1v) is 6.92. The maximum atomic E-state index is 12.4. The first-order valence-electron chi connectivity index (χ1n) is 6.92. The minimum absolute atomic E-state index is 0.0824. The number of rotatable bonds is 4. The number of nitrogens with zero attached hydrogens (tertiary/aromatic N) is 2. The molecule has 1 aliphatic heterocycles. The highest BCUT2D eigenvalue weighted by Crippen LogP contribution is 2.22. The van der Waals surface area contributed by atoms with Crippen LogP contribution in [0.4, 0.5) is 0 Å². The molecule has 2 heterocycles. The Morgan fingerprint density at radius 2 is 2.05 bits per heavy atom. The molecule has 0 saturated carbocycles. The highest BCUT2D eigenvalue weighted by molar-refractivity contribution is 5.81. The van der Waals surface area contributed by atoms with Crippen molar-refractivity contribution in [3.8, 4) is 0 Å². The standard InChI is InChI=1S/C13H21N3O6/c1-6-3-7(15-22-6)5-16(2)13(20)12-11(19)10(18)9(17)8(4-14)21-12/h3,8-12,17-19H,4-5,14H2,1-2H3/t8-,9-,10+,11+,12-/m0/s1. The first-order chi connectivity index (χ1) is 10.3. The van der Waals surface area contributed by atoms with Gasteiger partial charge in [0.25, 0.3) is 5.91 Å². The van der Waals surface area contributed by atoms with Crippen LogP contribution in [0.5, 0.6) is 0 Å². The summed E-state index contributed by atoms with van der Waals surface area (Å²) in [6, 6.07) is 1.68. The van der Waals surface area contributed by atoms with Crippen molar-refractivity contribution in [3.05, 3.63) is 17.5 Å². The van der Waals surface area contributed by atoms with Gasteiger partial charge in [0.05, 0.1) is 12.6 Å². The largest absolute Gasteiger partial charge is 0.388 e. The number of hydrogen-bond donors (Lipinski definition) is 4. The van der Waals surface area contributed by atoms with Gasteiger partial charge in [-0.2, -0.15) is 0 Å². The van der Waals surface area contributed by atoms with Gasteiger partial charge in [-0.15, -0.1) is 0 Å². The van der Waals surface area contributed by atoms with Crippen LogP contribution in [-0.2, 0) is 16.1 Å². The summed E-state index contributed by atoms with van der Waals surface area (Å²) in [6.07, 6.45) is -6.60. The molecule has 1 aromatic heterocycles. The molecule has 1 aromatic rings. The summed E-state index contributed by atoms with van der Waals surface area (Å²) in [5.74, 6) is 0.0732. The first kappa shape index (κ1) is 16.8. The second-order valence-corrected chi connectivity index (χ2v) is 5.43. The van der Waals surface area contributed by atoms with Gasteiger partial charge in [-0.25, -0.2) is 0 Å². The highest BCUT2D eigenvalue weighted by Gasteiger charge is 2.46. The van der Waals surface area contributed by atoms with Crippen LogP contribution in [0.2, 0.25) is 0 Å². The van der Waals surface area contributed by atoms with Gasteiger partial charge in [-0.3, -0.25) is 4.79 Å². The van der Waals surface area contributed by atoms with Crippen LogP contribution in [0.25, 0.3) is 0 Å². The molecule has 5 N–H and O–H groups in total. The zero-order valence-electron chi connectivity index (χ0n) is 12.4. The van der Waals surface area contributed by atoms with E-state index in [4.69, 9.17) is 15.0 Å². The predicted octanol–water partition coefficient (Wildman–Crippen LogP) is -2.25. The Morgan fingerprint density at radius 3 is 2.59 bits per heavy atom. The molecule has 0 bridgehead atoms. The van der Waals surface area contributed by atoms with Crippen LogP contribution in [-0.4, -0.2) is 75.4 Å². The lowest BCUT2D eigenvalue weighted by molar-refractivity contribution is -0.221. The number of nitrogens with two attached hydrogens (primary N) is 1. The van der Waals surface area contributed by atoms with E-state index in [-0.39, 0.29) is 13.1 Å². The summed E-state index contributed by atoms with van der Waals surface area (Å²) < 4.78 is 10.3. The maximum Gasteiger partial charge on any atom is 0.254 e. The molecule has 1 saturated heterocycles. The Bertz CT molecular complexity index is 520. The third-order valence-corrected chi connectivity index (χ3v) is 3.64. The Balaban J connectivity index is 2.06. The minimum atomic E-state index is -1.54. The van der Waals surface area contributed by atoms with Gasteiger partial charge >= 0.3 is 0 Å². The van der Waals surface area contributed by atoms with E-state index in [9.17, 15) is 20.1 Å². The lowest BCUT2D eigenvalue weighted by atomic mass is 9.94. The minimum Gasteiger partial charge on any atom is -0.388 e. The molecule has 2 rings (SSSR count). The number of carbonyl (C=O) groups excluding carboxylic acids is 1. The molecule has 0 aliphatic carbocycles. The van der Waals surface area contributed by atoms with Gasteiger partial charge in [-0.1, -0.05) is 5.16 Å². The average molecular weight is 315 g/mol.